The summed E-state index contributed by atoms with van der Waals surface area (Å²) in [6, 6.07) is 8.44. The van der Waals surface area contributed by atoms with Crippen molar-refractivity contribution in [3.05, 3.63) is 62.7 Å². The summed E-state index contributed by atoms with van der Waals surface area (Å²) in [5.41, 5.74) is 6.44. The van der Waals surface area contributed by atoms with Gasteiger partial charge in [0.2, 0.25) is 0 Å². The highest BCUT2D eigenvalue weighted by atomic mass is 35.5. The lowest BCUT2D eigenvalue weighted by atomic mass is 10.1. The highest BCUT2D eigenvalue weighted by Gasteiger charge is 2.18. The van der Waals surface area contributed by atoms with Gasteiger partial charge in [-0.05, 0) is 30.7 Å². The Kier molecular flexibility index (Phi) is 5.56. The molecule has 130 valence electrons. The number of nitrogens with zero attached hydrogens (tertiary/aromatic N) is 1. The first-order chi connectivity index (χ1) is 11.8. The molecule has 25 heavy (non-hydrogen) atoms. The van der Waals surface area contributed by atoms with E-state index in [1.54, 1.807) is 18.2 Å². The Morgan fingerprint density at radius 3 is 2.64 bits per heavy atom. The number of nitro benzene ring substituents is 1. The number of non-ortho nitro benzene ring substituents is 1. The van der Waals surface area contributed by atoms with Crippen molar-refractivity contribution in [3.8, 4) is 0 Å². The molecule has 9 heteroatoms. The predicted octanol–water partition coefficient (Wildman–Crippen LogP) is 2.93. The summed E-state index contributed by atoms with van der Waals surface area (Å²) in [6.07, 6.45) is 0. The van der Waals surface area contributed by atoms with Crippen molar-refractivity contribution in [3.63, 3.8) is 0 Å². The number of nitrogen functional groups attached to an aromatic ring is 1. The van der Waals surface area contributed by atoms with Crippen LogP contribution < -0.4 is 11.1 Å². The molecule has 0 unspecified atom stereocenters. The number of nitro groups is 1. The lowest BCUT2D eigenvalue weighted by molar-refractivity contribution is -0.384. The number of carbonyl (C=O) groups is 2. The van der Waals surface area contributed by atoms with Gasteiger partial charge < -0.3 is 15.8 Å². The summed E-state index contributed by atoms with van der Waals surface area (Å²) in [7, 11) is 0. The third-order valence-electron chi connectivity index (χ3n) is 3.20. The molecule has 2 aromatic carbocycles. The van der Waals surface area contributed by atoms with E-state index in [0.29, 0.717) is 10.7 Å². The second-order valence-corrected chi connectivity index (χ2v) is 5.54. The van der Waals surface area contributed by atoms with Gasteiger partial charge in [-0.1, -0.05) is 17.7 Å². The van der Waals surface area contributed by atoms with Crippen molar-refractivity contribution in [1.29, 1.82) is 0 Å². The van der Waals surface area contributed by atoms with Crippen LogP contribution in [0, 0.1) is 17.0 Å². The Bertz CT molecular complexity index is 854. The van der Waals surface area contributed by atoms with Gasteiger partial charge in [0.1, 0.15) is 0 Å². The number of ether oxygens (including phenoxy) is 1. The summed E-state index contributed by atoms with van der Waals surface area (Å²) in [6.45, 7) is 1.26. The van der Waals surface area contributed by atoms with Gasteiger partial charge in [-0.2, -0.15) is 0 Å². The number of rotatable bonds is 5. The molecular formula is C16H14ClN3O5. The quantitative estimate of drug-likeness (QED) is 0.364. The van der Waals surface area contributed by atoms with Crippen molar-refractivity contribution < 1.29 is 19.2 Å². The summed E-state index contributed by atoms with van der Waals surface area (Å²) in [5.74, 6) is -1.55. The number of amides is 1. The van der Waals surface area contributed by atoms with Gasteiger partial charge in [-0.15, -0.1) is 0 Å². The second kappa shape index (κ2) is 7.63. The average Bonchev–Trinajstić information content (AvgIpc) is 2.55. The van der Waals surface area contributed by atoms with Crippen LogP contribution in [0.25, 0.3) is 0 Å². The van der Waals surface area contributed by atoms with Crippen LogP contribution in [0.5, 0.6) is 0 Å². The SMILES string of the molecule is Cc1ccc(NC(=O)COC(=O)c2cc([N+](=O)[O-])ccc2N)c(Cl)c1. The number of anilines is 2. The van der Waals surface area contributed by atoms with E-state index in [1.165, 1.54) is 6.07 Å². The van der Waals surface area contributed by atoms with E-state index in [9.17, 15) is 19.7 Å². The molecule has 8 nitrogen and oxygen atoms in total. The van der Waals surface area contributed by atoms with Crippen LogP contribution in [-0.4, -0.2) is 23.4 Å². The third-order valence-corrected chi connectivity index (χ3v) is 3.51. The molecule has 1 amide bonds. The number of hydrogen-bond acceptors (Lipinski definition) is 6. The molecule has 0 heterocycles. The number of aryl methyl sites for hydroxylation is 1. The molecule has 0 aliphatic heterocycles. The lowest BCUT2D eigenvalue weighted by Crippen LogP contribution is -2.21. The van der Waals surface area contributed by atoms with E-state index < -0.39 is 23.4 Å². The van der Waals surface area contributed by atoms with Crippen molar-refractivity contribution in [2.75, 3.05) is 17.7 Å². The Morgan fingerprint density at radius 2 is 2.00 bits per heavy atom. The highest BCUT2D eigenvalue weighted by molar-refractivity contribution is 6.33. The van der Waals surface area contributed by atoms with Crippen molar-refractivity contribution in [2.24, 2.45) is 0 Å². The minimum Gasteiger partial charge on any atom is -0.452 e. The molecule has 0 aromatic heterocycles. The number of carbonyl (C=O) groups excluding carboxylic acids is 2. The van der Waals surface area contributed by atoms with Gasteiger partial charge in [-0.25, -0.2) is 4.79 Å². The molecule has 2 aromatic rings. The first-order valence-electron chi connectivity index (χ1n) is 7.05. The highest BCUT2D eigenvalue weighted by Crippen LogP contribution is 2.23. The summed E-state index contributed by atoms with van der Waals surface area (Å²) in [5, 5.41) is 13.6. The molecule has 0 saturated carbocycles. The zero-order chi connectivity index (χ0) is 18.6. The topological polar surface area (TPSA) is 125 Å². The van der Waals surface area contributed by atoms with Crippen LogP contribution in [0.1, 0.15) is 15.9 Å². The van der Waals surface area contributed by atoms with Crippen LogP contribution in [0.2, 0.25) is 5.02 Å². The van der Waals surface area contributed by atoms with Crippen LogP contribution in [0.3, 0.4) is 0 Å². The molecule has 0 aliphatic rings. The van der Waals surface area contributed by atoms with E-state index in [-0.39, 0.29) is 16.9 Å². The van der Waals surface area contributed by atoms with Crippen LogP contribution in [0.4, 0.5) is 17.1 Å². The van der Waals surface area contributed by atoms with Crippen molar-refractivity contribution in [2.45, 2.75) is 6.92 Å². The molecule has 2 rings (SSSR count). The number of benzene rings is 2. The number of hydrogen-bond donors (Lipinski definition) is 2. The monoisotopic (exact) mass is 363 g/mol. The normalized spacial score (nSPS) is 10.2. The van der Waals surface area contributed by atoms with Gasteiger partial charge in [0.05, 0.1) is 21.2 Å². The van der Waals surface area contributed by atoms with E-state index in [2.05, 4.69) is 5.32 Å². The molecule has 0 radical (unpaired) electrons. The molecule has 0 bridgehead atoms. The number of halogens is 1. The predicted molar refractivity (Wildman–Crippen MR) is 92.6 cm³/mol. The maximum Gasteiger partial charge on any atom is 0.341 e. The zero-order valence-corrected chi connectivity index (χ0v) is 13.9. The zero-order valence-electron chi connectivity index (χ0n) is 13.1. The number of nitrogens with one attached hydrogen (secondary N) is 1. The van der Waals surface area contributed by atoms with Crippen LogP contribution >= 0.6 is 11.6 Å². The Morgan fingerprint density at radius 1 is 1.28 bits per heavy atom. The fourth-order valence-electron chi connectivity index (χ4n) is 1.95. The van der Waals surface area contributed by atoms with Crippen molar-refractivity contribution >= 4 is 40.5 Å². The minimum atomic E-state index is -0.939. The fourth-order valence-corrected chi connectivity index (χ4v) is 2.23. The molecule has 0 aliphatic carbocycles. The Balaban J connectivity index is 2.01. The fraction of sp³-hybridized carbons (Fsp3) is 0.125. The Labute approximate surface area is 147 Å². The molecular weight excluding hydrogens is 350 g/mol. The van der Waals surface area contributed by atoms with Gasteiger partial charge in [0, 0.05) is 17.8 Å². The molecule has 0 spiro atoms. The average molecular weight is 364 g/mol. The van der Waals surface area contributed by atoms with Gasteiger partial charge >= 0.3 is 5.97 Å². The van der Waals surface area contributed by atoms with E-state index in [4.69, 9.17) is 22.1 Å². The standard InChI is InChI=1S/C16H14ClN3O5/c1-9-2-5-14(12(17)6-9)19-15(21)8-25-16(22)11-7-10(20(23)24)3-4-13(11)18/h2-7H,8,18H2,1H3,(H,19,21). The maximum absolute atomic E-state index is 12.0. The van der Waals surface area contributed by atoms with Crippen LogP contribution in [0.15, 0.2) is 36.4 Å². The van der Waals surface area contributed by atoms with Gasteiger partial charge in [-0.3, -0.25) is 14.9 Å². The van der Waals surface area contributed by atoms with E-state index in [1.807, 2.05) is 6.92 Å². The number of nitrogens with two attached hydrogens (primary N) is 1. The van der Waals surface area contributed by atoms with Gasteiger partial charge in [0.15, 0.2) is 6.61 Å². The first-order valence-corrected chi connectivity index (χ1v) is 7.43. The smallest absolute Gasteiger partial charge is 0.341 e. The van der Waals surface area contributed by atoms with Crippen molar-refractivity contribution in [1.82, 2.24) is 0 Å². The van der Waals surface area contributed by atoms with E-state index in [0.717, 1.165) is 17.7 Å². The molecule has 0 atom stereocenters. The molecule has 0 fully saturated rings. The van der Waals surface area contributed by atoms with E-state index >= 15 is 0 Å². The lowest BCUT2D eigenvalue weighted by Gasteiger charge is -2.09. The summed E-state index contributed by atoms with van der Waals surface area (Å²) in [4.78, 5) is 33.9. The largest absolute Gasteiger partial charge is 0.452 e. The summed E-state index contributed by atoms with van der Waals surface area (Å²) < 4.78 is 4.84. The molecule has 0 saturated heterocycles. The second-order valence-electron chi connectivity index (χ2n) is 5.14. The van der Waals surface area contributed by atoms with Gasteiger partial charge in [0.25, 0.3) is 11.6 Å². The maximum atomic E-state index is 12.0. The molecule has 3 N–H and O–H groups in total. The number of esters is 1. The third kappa shape index (κ3) is 4.67. The minimum absolute atomic E-state index is 0.0117. The first kappa shape index (κ1) is 18.2. The van der Waals surface area contributed by atoms with Crippen LogP contribution in [-0.2, 0) is 9.53 Å². The summed E-state index contributed by atoms with van der Waals surface area (Å²) >= 11 is 6.00. The Hall–Kier alpha value is -3.13.